The predicted octanol–water partition coefficient (Wildman–Crippen LogP) is 3.20. The normalized spacial score (nSPS) is 33.8. The van der Waals surface area contributed by atoms with Crippen molar-refractivity contribution in [2.24, 2.45) is 22.2 Å². The van der Waals surface area contributed by atoms with Crippen molar-refractivity contribution in [2.45, 2.75) is 65.5 Å². The third-order valence-electron chi connectivity index (χ3n) is 4.74. The van der Waals surface area contributed by atoms with Crippen molar-refractivity contribution in [2.75, 3.05) is 6.61 Å². The molecule has 4 heteroatoms. The number of esters is 1. The molecule has 0 aromatic heterocycles. The van der Waals surface area contributed by atoms with Crippen molar-refractivity contribution in [3.05, 3.63) is 0 Å². The first kappa shape index (κ1) is 15.3. The minimum Gasteiger partial charge on any atom is -0.477 e. The Labute approximate surface area is 121 Å². The summed E-state index contributed by atoms with van der Waals surface area (Å²) in [6.07, 6.45) is 5.97. The zero-order valence-corrected chi connectivity index (χ0v) is 13.1. The van der Waals surface area contributed by atoms with Gasteiger partial charge in [0.05, 0.1) is 6.61 Å². The fraction of sp³-hybridized carbons (Fsp3) is 0.875. The maximum atomic E-state index is 11.9. The molecule has 0 saturated heterocycles. The number of rotatable bonds is 3. The Kier molecular flexibility index (Phi) is 4.71. The molecule has 0 bridgehead atoms. The highest BCUT2D eigenvalue weighted by Gasteiger charge is 2.42. The number of carbonyl (C=O) groups excluding carboxylic acids is 1. The molecule has 1 saturated carbocycles. The van der Waals surface area contributed by atoms with Gasteiger partial charge in [-0.3, -0.25) is 0 Å². The highest BCUT2D eigenvalue weighted by molar-refractivity contribution is 5.79. The van der Waals surface area contributed by atoms with Gasteiger partial charge in [0.25, 0.3) is 0 Å². The van der Waals surface area contributed by atoms with Gasteiger partial charge in [0, 0.05) is 0 Å². The van der Waals surface area contributed by atoms with Crippen LogP contribution in [0, 0.1) is 17.3 Å². The molecule has 2 aliphatic rings. The summed E-state index contributed by atoms with van der Waals surface area (Å²) in [4.78, 5) is 16.1. The van der Waals surface area contributed by atoms with Crippen molar-refractivity contribution in [1.29, 1.82) is 0 Å². The fourth-order valence-electron chi connectivity index (χ4n) is 3.44. The van der Waals surface area contributed by atoms with E-state index in [0.29, 0.717) is 17.9 Å². The number of nitrogens with zero attached hydrogens (tertiary/aromatic N) is 1. The van der Waals surface area contributed by atoms with Crippen LogP contribution in [-0.2, 0) is 14.3 Å². The largest absolute Gasteiger partial charge is 0.477 e. The lowest BCUT2D eigenvalue weighted by molar-refractivity contribution is -0.147. The van der Waals surface area contributed by atoms with Crippen molar-refractivity contribution in [3.63, 3.8) is 0 Å². The van der Waals surface area contributed by atoms with E-state index in [-0.39, 0.29) is 12.1 Å². The number of ether oxygens (including phenoxy) is 2. The highest BCUT2D eigenvalue weighted by atomic mass is 16.5. The Morgan fingerprint density at radius 1 is 1.30 bits per heavy atom. The monoisotopic (exact) mass is 281 g/mol. The second-order valence-electron chi connectivity index (χ2n) is 7.03. The van der Waals surface area contributed by atoms with Crippen molar-refractivity contribution in [3.8, 4) is 0 Å². The average Bonchev–Trinajstić information content (AvgIpc) is 2.87. The van der Waals surface area contributed by atoms with E-state index < -0.39 is 6.04 Å². The molecule has 0 aromatic rings. The first-order chi connectivity index (χ1) is 9.43. The molecule has 1 fully saturated rings. The van der Waals surface area contributed by atoms with Gasteiger partial charge < -0.3 is 9.47 Å². The second kappa shape index (κ2) is 6.15. The van der Waals surface area contributed by atoms with Crippen LogP contribution in [0.25, 0.3) is 0 Å². The maximum absolute atomic E-state index is 11.9. The van der Waals surface area contributed by atoms with Crippen LogP contribution in [0.15, 0.2) is 4.99 Å². The fourth-order valence-corrected chi connectivity index (χ4v) is 3.44. The van der Waals surface area contributed by atoms with E-state index in [2.05, 4.69) is 25.8 Å². The van der Waals surface area contributed by atoms with E-state index >= 15 is 0 Å². The van der Waals surface area contributed by atoms with Crippen LogP contribution < -0.4 is 0 Å². The molecule has 4 nitrogen and oxygen atoms in total. The molecule has 0 N–H and O–H groups in total. The average molecular weight is 281 g/mol. The topological polar surface area (TPSA) is 47.9 Å². The van der Waals surface area contributed by atoms with Gasteiger partial charge in [0.15, 0.2) is 12.4 Å². The van der Waals surface area contributed by atoms with Gasteiger partial charge in [-0.2, -0.15) is 0 Å². The smallest absolute Gasteiger partial charge is 0.334 e. The Hall–Kier alpha value is -1.06. The lowest BCUT2D eigenvalue weighted by Gasteiger charge is -2.38. The summed E-state index contributed by atoms with van der Waals surface area (Å²) in [6, 6.07) is -0.453. The van der Waals surface area contributed by atoms with Gasteiger partial charge in [-0.05, 0) is 49.9 Å². The Balaban J connectivity index is 1.92. The molecule has 0 spiro atoms. The van der Waals surface area contributed by atoms with Gasteiger partial charge in [-0.1, -0.05) is 20.8 Å². The number of hydrogen-bond donors (Lipinski definition) is 0. The van der Waals surface area contributed by atoms with Crippen molar-refractivity contribution >= 4 is 12.4 Å². The van der Waals surface area contributed by atoms with E-state index in [1.165, 1.54) is 19.2 Å². The van der Waals surface area contributed by atoms with Gasteiger partial charge in [0.2, 0.25) is 0 Å². The van der Waals surface area contributed by atoms with E-state index in [0.717, 1.165) is 18.8 Å². The lowest BCUT2D eigenvalue weighted by atomic mass is 9.68. The van der Waals surface area contributed by atoms with Crippen molar-refractivity contribution in [1.82, 2.24) is 0 Å². The van der Waals surface area contributed by atoms with Gasteiger partial charge >= 0.3 is 5.97 Å². The standard InChI is InChI=1S/C16H27NO3/c1-5-19-15(18)13-14(20-10-17-13)11-6-8-12(9-7-11)16(2,3)4/h10-14H,5-9H2,1-4H3. The summed E-state index contributed by atoms with van der Waals surface area (Å²) in [6.45, 7) is 9.16. The van der Waals surface area contributed by atoms with Crippen LogP contribution >= 0.6 is 0 Å². The molecule has 2 rings (SSSR count). The van der Waals surface area contributed by atoms with Crippen LogP contribution in [0.5, 0.6) is 0 Å². The van der Waals surface area contributed by atoms with Crippen LogP contribution in [0.3, 0.4) is 0 Å². The van der Waals surface area contributed by atoms with E-state index in [4.69, 9.17) is 9.47 Å². The summed E-state index contributed by atoms with van der Waals surface area (Å²) in [5.74, 6) is 0.941. The zero-order chi connectivity index (χ0) is 14.8. The number of hydrogen-bond acceptors (Lipinski definition) is 4. The van der Waals surface area contributed by atoms with Crippen LogP contribution in [0.4, 0.5) is 0 Å². The first-order valence-corrected chi connectivity index (χ1v) is 7.77. The Morgan fingerprint density at radius 3 is 2.50 bits per heavy atom. The van der Waals surface area contributed by atoms with E-state index in [9.17, 15) is 4.79 Å². The summed E-state index contributed by atoms with van der Waals surface area (Å²) in [7, 11) is 0. The molecule has 1 aliphatic carbocycles. The molecule has 1 heterocycles. The quantitative estimate of drug-likeness (QED) is 0.746. The van der Waals surface area contributed by atoms with Crippen LogP contribution in [0.1, 0.15) is 53.4 Å². The summed E-state index contributed by atoms with van der Waals surface area (Å²) >= 11 is 0. The molecule has 1 aliphatic heterocycles. The number of aliphatic imine (C=N–C) groups is 1. The molecule has 114 valence electrons. The molecule has 20 heavy (non-hydrogen) atoms. The number of carbonyl (C=O) groups is 1. The van der Waals surface area contributed by atoms with Crippen LogP contribution in [0.2, 0.25) is 0 Å². The highest BCUT2D eigenvalue weighted by Crippen LogP contribution is 2.42. The first-order valence-electron chi connectivity index (χ1n) is 7.77. The van der Waals surface area contributed by atoms with Crippen LogP contribution in [-0.4, -0.2) is 31.1 Å². The second-order valence-corrected chi connectivity index (χ2v) is 7.03. The summed E-state index contributed by atoms with van der Waals surface area (Å²) in [5.41, 5.74) is 0.374. The lowest BCUT2D eigenvalue weighted by Crippen LogP contribution is -2.40. The maximum Gasteiger partial charge on any atom is 0.334 e. The molecular formula is C16H27NO3. The molecule has 2 atom stereocenters. The van der Waals surface area contributed by atoms with Gasteiger partial charge in [-0.25, -0.2) is 9.79 Å². The molecular weight excluding hydrogens is 254 g/mol. The predicted molar refractivity (Wildman–Crippen MR) is 78.7 cm³/mol. The zero-order valence-electron chi connectivity index (χ0n) is 13.1. The third kappa shape index (κ3) is 3.33. The van der Waals surface area contributed by atoms with Gasteiger partial charge in [-0.15, -0.1) is 0 Å². The Morgan fingerprint density at radius 2 is 1.95 bits per heavy atom. The molecule has 2 unspecified atom stereocenters. The third-order valence-corrected chi connectivity index (χ3v) is 4.74. The minimum absolute atomic E-state index is 0.116. The molecule has 0 aromatic carbocycles. The van der Waals surface area contributed by atoms with E-state index in [1.807, 2.05) is 6.92 Å². The Bertz CT molecular complexity index is 364. The molecule has 0 radical (unpaired) electrons. The van der Waals surface area contributed by atoms with E-state index in [1.54, 1.807) is 0 Å². The van der Waals surface area contributed by atoms with Crippen molar-refractivity contribution < 1.29 is 14.3 Å². The minimum atomic E-state index is -0.453. The van der Waals surface area contributed by atoms with Gasteiger partial charge in [0.1, 0.15) is 6.10 Å². The molecule has 0 amide bonds. The summed E-state index contributed by atoms with van der Waals surface area (Å²) in [5, 5.41) is 0. The SMILES string of the molecule is CCOC(=O)C1N=COC1C1CCC(C(C)(C)C)CC1. The summed E-state index contributed by atoms with van der Waals surface area (Å²) < 4.78 is 10.7.